The van der Waals surface area contributed by atoms with Gasteiger partial charge in [-0.2, -0.15) is 0 Å². The summed E-state index contributed by atoms with van der Waals surface area (Å²) in [5.41, 5.74) is 0. The van der Waals surface area contributed by atoms with Crippen LogP contribution in [0, 0.1) is 0 Å². The van der Waals surface area contributed by atoms with Gasteiger partial charge in [0.1, 0.15) is 12.4 Å². The number of benzene rings is 1. The van der Waals surface area contributed by atoms with Gasteiger partial charge in [0, 0.05) is 27.2 Å². The Hall–Kier alpha value is -1.15. The Bertz CT molecular complexity index is 572. The molecule has 7 heteroatoms. The average Bonchev–Trinajstić information content (AvgIpc) is 2.48. The molecular weight excluding hydrogens is 304 g/mol. The van der Waals surface area contributed by atoms with Crippen LogP contribution in [0.1, 0.15) is 12.8 Å². The van der Waals surface area contributed by atoms with E-state index in [0.717, 1.165) is 25.9 Å². The maximum absolute atomic E-state index is 11.9. The zero-order chi connectivity index (χ0) is 16.2. The van der Waals surface area contributed by atoms with Crippen LogP contribution in [0.2, 0.25) is 0 Å². The predicted octanol–water partition coefficient (Wildman–Crippen LogP) is 0.772. The summed E-state index contributed by atoms with van der Waals surface area (Å²) in [6.45, 7) is 2.96. The molecule has 0 amide bonds. The van der Waals surface area contributed by atoms with Crippen LogP contribution in [0.4, 0.5) is 0 Å². The van der Waals surface area contributed by atoms with E-state index in [4.69, 9.17) is 4.74 Å². The maximum Gasteiger partial charge on any atom is 0.242 e. The highest BCUT2D eigenvalue weighted by atomic mass is 32.2. The van der Waals surface area contributed by atoms with E-state index in [2.05, 4.69) is 4.90 Å². The monoisotopic (exact) mass is 328 g/mol. The van der Waals surface area contributed by atoms with Gasteiger partial charge in [-0.25, -0.2) is 12.7 Å². The summed E-state index contributed by atoms with van der Waals surface area (Å²) in [6, 6.07) is 6.44. The molecule has 1 aromatic carbocycles. The normalized spacial score (nSPS) is 20.3. The van der Waals surface area contributed by atoms with Crippen LogP contribution < -0.4 is 4.74 Å². The smallest absolute Gasteiger partial charge is 0.242 e. The Morgan fingerprint density at radius 1 is 1.32 bits per heavy atom. The van der Waals surface area contributed by atoms with Crippen LogP contribution >= 0.6 is 0 Å². The predicted molar refractivity (Wildman–Crippen MR) is 84.5 cm³/mol. The molecule has 1 unspecified atom stereocenters. The van der Waals surface area contributed by atoms with E-state index < -0.39 is 10.0 Å². The van der Waals surface area contributed by atoms with Gasteiger partial charge in [0.25, 0.3) is 0 Å². The van der Waals surface area contributed by atoms with Crippen molar-refractivity contribution in [2.24, 2.45) is 0 Å². The number of hydrogen-bond acceptors (Lipinski definition) is 5. The van der Waals surface area contributed by atoms with Gasteiger partial charge in [-0.05, 0) is 43.7 Å². The maximum atomic E-state index is 11.9. The van der Waals surface area contributed by atoms with E-state index in [1.807, 2.05) is 0 Å². The molecule has 1 fully saturated rings. The second kappa shape index (κ2) is 7.41. The first-order valence-electron chi connectivity index (χ1n) is 7.45. The fourth-order valence-corrected chi connectivity index (χ4v) is 3.35. The summed E-state index contributed by atoms with van der Waals surface area (Å²) in [4.78, 5) is 2.43. The highest BCUT2D eigenvalue weighted by Crippen LogP contribution is 2.18. The largest absolute Gasteiger partial charge is 0.492 e. The number of aliphatic hydroxyl groups is 1. The minimum absolute atomic E-state index is 0.232. The summed E-state index contributed by atoms with van der Waals surface area (Å²) in [5, 5.41) is 9.60. The number of piperidine rings is 1. The molecule has 1 N–H and O–H groups in total. The SMILES string of the molecule is CN(C)S(=O)(=O)c1ccc(OCCN2CCCC(O)C2)cc1. The first-order chi connectivity index (χ1) is 10.4. The number of hydrogen-bond donors (Lipinski definition) is 1. The van der Waals surface area contributed by atoms with E-state index in [1.54, 1.807) is 24.3 Å². The van der Waals surface area contributed by atoms with Crippen molar-refractivity contribution in [3.63, 3.8) is 0 Å². The van der Waals surface area contributed by atoms with Gasteiger partial charge in [0.05, 0.1) is 11.0 Å². The lowest BCUT2D eigenvalue weighted by atomic mass is 10.1. The van der Waals surface area contributed by atoms with E-state index in [1.165, 1.54) is 18.4 Å². The first kappa shape index (κ1) is 17.2. The summed E-state index contributed by atoms with van der Waals surface area (Å²) in [6.07, 6.45) is 1.65. The molecule has 22 heavy (non-hydrogen) atoms. The summed E-state index contributed by atoms with van der Waals surface area (Å²) < 4.78 is 30.7. The third-order valence-corrected chi connectivity index (χ3v) is 5.59. The Labute approximate surface area is 132 Å². The number of likely N-dealkylation sites (tertiary alicyclic amines) is 1. The molecule has 124 valence electrons. The standard InChI is InChI=1S/C15H24N2O4S/c1-16(2)22(19,20)15-7-5-14(6-8-15)21-11-10-17-9-3-4-13(18)12-17/h5-8,13,18H,3-4,9-12H2,1-2H3. The minimum Gasteiger partial charge on any atom is -0.492 e. The van der Waals surface area contributed by atoms with Crippen molar-refractivity contribution in [1.82, 2.24) is 9.21 Å². The zero-order valence-corrected chi connectivity index (χ0v) is 13.9. The second-order valence-corrected chi connectivity index (χ2v) is 7.86. The van der Waals surface area contributed by atoms with Gasteiger partial charge >= 0.3 is 0 Å². The quantitative estimate of drug-likeness (QED) is 0.835. The fraction of sp³-hybridized carbons (Fsp3) is 0.600. The molecule has 0 saturated carbocycles. The van der Waals surface area contributed by atoms with Gasteiger partial charge in [0.2, 0.25) is 10.0 Å². The highest BCUT2D eigenvalue weighted by molar-refractivity contribution is 7.89. The van der Waals surface area contributed by atoms with E-state index in [0.29, 0.717) is 18.9 Å². The molecule has 0 aromatic heterocycles. The molecule has 6 nitrogen and oxygen atoms in total. The van der Waals surface area contributed by atoms with Crippen molar-refractivity contribution in [3.05, 3.63) is 24.3 Å². The number of nitrogens with zero attached hydrogens (tertiary/aromatic N) is 2. The van der Waals surface area contributed by atoms with E-state index in [-0.39, 0.29) is 11.0 Å². The van der Waals surface area contributed by atoms with Crippen molar-refractivity contribution >= 4 is 10.0 Å². The molecule has 1 atom stereocenters. The molecule has 1 aromatic rings. The molecule has 0 spiro atoms. The molecule has 1 aliphatic rings. The molecule has 1 heterocycles. The molecule has 2 rings (SSSR count). The van der Waals surface area contributed by atoms with Crippen molar-refractivity contribution in [2.45, 2.75) is 23.8 Å². The van der Waals surface area contributed by atoms with Crippen molar-refractivity contribution in [2.75, 3.05) is 40.3 Å². The minimum atomic E-state index is -3.40. The van der Waals surface area contributed by atoms with Gasteiger partial charge in [-0.15, -0.1) is 0 Å². The van der Waals surface area contributed by atoms with Crippen LogP contribution in [0.3, 0.4) is 0 Å². The highest BCUT2D eigenvalue weighted by Gasteiger charge is 2.18. The summed E-state index contributed by atoms with van der Waals surface area (Å²) >= 11 is 0. The van der Waals surface area contributed by atoms with Gasteiger partial charge < -0.3 is 9.84 Å². The average molecular weight is 328 g/mol. The zero-order valence-electron chi connectivity index (χ0n) is 13.1. The molecule has 0 bridgehead atoms. The van der Waals surface area contributed by atoms with Gasteiger partial charge in [0.15, 0.2) is 0 Å². The van der Waals surface area contributed by atoms with Gasteiger partial charge in [-0.3, -0.25) is 4.90 Å². The summed E-state index contributed by atoms with van der Waals surface area (Å²) in [5.74, 6) is 0.648. The lowest BCUT2D eigenvalue weighted by Gasteiger charge is -2.29. The van der Waals surface area contributed by atoms with Crippen LogP contribution in [0.15, 0.2) is 29.2 Å². The molecule has 1 aliphatic heterocycles. The van der Waals surface area contributed by atoms with E-state index >= 15 is 0 Å². The molecule has 0 radical (unpaired) electrons. The van der Waals surface area contributed by atoms with Crippen molar-refractivity contribution < 1.29 is 18.3 Å². The van der Waals surface area contributed by atoms with Crippen LogP contribution in [0.25, 0.3) is 0 Å². The van der Waals surface area contributed by atoms with Crippen LogP contribution in [-0.2, 0) is 10.0 Å². The van der Waals surface area contributed by atoms with Crippen LogP contribution in [0.5, 0.6) is 5.75 Å². The van der Waals surface area contributed by atoms with Crippen molar-refractivity contribution in [1.29, 1.82) is 0 Å². The Morgan fingerprint density at radius 2 is 2.00 bits per heavy atom. The number of sulfonamides is 1. The molecule has 0 aliphatic carbocycles. The van der Waals surface area contributed by atoms with Gasteiger partial charge in [-0.1, -0.05) is 0 Å². The third-order valence-electron chi connectivity index (χ3n) is 3.76. The number of rotatable bonds is 6. The molecule has 1 saturated heterocycles. The fourth-order valence-electron chi connectivity index (χ4n) is 2.45. The number of β-amino-alcohol motifs (C(OH)–C–C–N with tert-alkyl or cyclic N) is 1. The number of aliphatic hydroxyl groups excluding tert-OH is 1. The molecular formula is C15H24N2O4S. The van der Waals surface area contributed by atoms with Crippen LogP contribution in [-0.4, -0.2) is 69.2 Å². The number of ether oxygens (including phenoxy) is 1. The first-order valence-corrected chi connectivity index (χ1v) is 8.89. The van der Waals surface area contributed by atoms with Crippen molar-refractivity contribution in [3.8, 4) is 5.75 Å². The Balaban J connectivity index is 1.84. The lowest BCUT2D eigenvalue weighted by Crippen LogP contribution is -2.40. The lowest BCUT2D eigenvalue weighted by molar-refractivity contribution is 0.0633. The second-order valence-electron chi connectivity index (χ2n) is 5.70. The Kier molecular flexibility index (Phi) is 5.80. The summed E-state index contributed by atoms with van der Waals surface area (Å²) in [7, 11) is -0.382. The third kappa shape index (κ3) is 4.42. The topological polar surface area (TPSA) is 70.1 Å². The Morgan fingerprint density at radius 3 is 2.59 bits per heavy atom. The van der Waals surface area contributed by atoms with E-state index in [9.17, 15) is 13.5 Å².